The van der Waals surface area contributed by atoms with Crippen LogP contribution < -0.4 is 5.32 Å². The predicted molar refractivity (Wildman–Crippen MR) is 340 cm³/mol. The summed E-state index contributed by atoms with van der Waals surface area (Å²) in [6.45, 7) is 3.71. The van der Waals surface area contributed by atoms with Gasteiger partial charge in [-0.15, -0.1) is 0 Å². The van der Waals surface area contributed by atoms with Gasteiger partial charge in [-0.25, -0.2) is 0 Å². The molecule has 9 heteroatoms. The molecule has 1 aliphatic heterocycles. The smallest absolute Gasteiger partial charge is 0.220 e. The normalized spacial score (nSPS) is 19.5. The molecule has 1 fully saturated rings. The van der Waals surface area contributed by atoms with Crippen LogP contribution in [0.15, 0.2) is 146 Å². The van der Waals surface area contributed by atoms with Crippen molar-refractivity contribution in [3.63, 3.8) is 0 Å². The van der Waals surface area contributed by atoms with E-state index < -0.39 is 49.5 Å². The molecule has 0 aromatic rings. The standard InChI is InChI=1S/C71H117NO8/c1-3-5-7-9-11-13-15-17-19-21-22-23-24-25-26-27-28-29-30-31-32-33-34-35-36-37-38-39-40-41-42-43-44-45-47-49-51-53-55-57-59-61-67(75)72-64(63-79-71-70(78)69(77)68(76)66(62-73)80-71)65(74)60-58-56-54-52-50-48-46-20-18-16-14-12-10-8-6-4-2/h5,7,11,13,17,19,22-23,25-26,28-29,31-32,34-35,37-38,40-41,43-44,47,49,64-66,68-71,73-74,76-78H,3-4,6,8-10,12,14-16,18,20-21,24,27,30,33,36,39,42,45-46,48,50-63H2,1-2H3,(H,72,75)/b7-5-,13-11-,19-17-,23-22-,26-25-,29-28-,32-31-,35-34-,38-37-,41-40-,44-43-,49-47-. The fourth-order valence-electron chi connectivity index (χ4n) is 9.20. The molecule has 7 unspecified atom stereocenters. The highest BCUT2D eigenvalue weighted by molar-refractivity contribution is 5.76. The summed E-state index contributed by atoms with van der Waals surface area (Å²) in [6.07, 6.45) is 83.1. The Balaban J connectivity index is 2.18. The van der Waals surface area contributed by atoms with E-state index in [1.165, 1.54) is 83.5 Å². The van der Waals surface area contributed by atoms with Crippen LogP contribution in [-0.4, -0.2) is 87.5 Å². The lowest BCUT2D eigenvalue weighted by Crippen LogP contribution is -2.60. The van der Waals surface area contributed by atoms with Gasteiger partial charge in [-0.2, -0.15) is 0 Å². The Bertz CT molecular complexity index is 1770. The Hall–Kier alpha value is -3.93. The van der Waals surface area contributed by atoms with Gasteiger partial charge >= 0.3 is 0 Å². The molecular formula is C71H117NO8. The summed E-state index contributed by atoms with van der Waals surface area (Å²) in [5, 5.41) is 54.7. The van der Waals surface area contributed by atoms with Crippen LogP contribution in [0.5, 0.6) is 0 Å². The van der Waals surface area contributed by atoms with E-state index in [0.29, 0.717) is 12.8 Å². The number of nitrogens with one attached hydrogen (secondary N) is 1. The van der Waals surface area contributed by atoms with Gasteiger partial charge < -0.3 is 40.3 Å². The molecule has 80 heavy (non-hydrogen) atoms. The van der Waals surface area contributed by atoms with Gasteiger partial charge in [0.25, 0.3) is 0 Å². The monoisotopic (exact) mass is 1110 g/mol. The number of amides is 1. The summed E-state index contributed by atoms with van der Waals surface area (Å²) in [6, 6.07) is -0.744. The Morgan fingerprint density at radius 2 is 0.775 bits per heavy atom. The Morgan fingerprint density at radius 3 is 1.15 bits per heavy atom. The Kier molecular flexibility index (Phi) is 54.0. The number of hydrogen-bond acceptors (Lipinski definition) is 8. The van der Waals surface area contributed by atoms with E-state index in [-0.39, 0.29) is 12.5 Å². The molecule has 1 aliphatic rings. The van der Waals surface area contributed by atoms with Crippen LogP contribution in [0.2, 0.25) is 0 Å². The lowest BCUT2D eigenvalue weighted by Gasteiger charge is -2.40. The zero-order valence-electron chi connectivity index (χ0n) is 50.5. The topological polar surface area (TPSA) is 149 Å². The van der Waals surface area contributed by atoms with E-state index >= 15 is 0 Å². The third-order valence-corrected chi connectivity index (χ3v) is 14.2. The van der Waals surface area contributed by atoms with Crippen LogP contribution in [0, 0.1) is 0 Å². The first-order valence-electron chi connectivity index (χ1n) is 32.0. The lowest BCUT2D eigenvalue weighted by molar-refractivity contribution is -0.302. The van der Waals surface area contributed by atoms with E-state index in [4.69, 9.17) is 9.47 Å². The average Bonchev–Trinajstić information content (AvgIpc) is 3.46. The largest absolute Gasteiger partial charge is 0.394 e. The number of hydrogen-bond donors (Lipinski definition) is 6. The third-order valence-electron chi connectivity index (χ3n) is 14.2. The van der Waals surface area contributed by atoms with E-state index in [1.54, 1.807) is 0 Å². The number of carbonyl (C=O) groups excluding carboxylic acids is 1. The summed E-state index contributed by atoms with van der Waals surface area (Å²) < 4.78 is 11.3. The first-order chi connectivity index (χ1) is 39.3. The molecule has 0 radical (unpaired) electrons. The number of allylic oxidation sites excluding steroid dienone is 24. The number of aliphatic hydroxyl groups is 5. The summed E-state index contributed by atoms with van der Waals surface area (Å²) in [7, 11) is 0. The average molecular weight is 1110 g/mol. The van der Waals surface area contributed by atoms with Gasteiger partial charge in [-0.3, -0.25) is 4.79 Å². The van der Waals surface area contributed by atoms with Crippen LogP contribution in [0.1, 0.15) is 239 Å². The maximum absolute atomic E-state index is 13.1. The minimum Gasteiger partial charge on any atom is -0.394 e. The molecule has 0 bridgehead atoms. The molecule has 7 atom stereocenters. The van der Waals surface area contributed by atoms with Crippen molar-refractivity contribution in [3.8, 4) is 0 Å². The van der Waals surface area contributed by atoms with E-state index in [9.17, 15) is 30.3 Å². The van der Waals surface area contributed by atoms with Crippen molar-refractivity contribution in [2.45, 2.75) is 281 Å². The minimum atomic E-state index is -1.57. The van der Waals surface area contributed by atoms with Crippen LogP contribution in [0.3, 0.4) is 0 Å². The van der Waals surface area contributed by atoms with Gasteiger partial charge in [-0.1, -0.05) is 275 Å². The molecule has 0 spiro atoms. The van der Waals surface area contributed by atoms with E-state index in [1.807, 2.05) is 0 Å². The first-order valence-corrected chi connectivity index (χ1v) is 32.0. The number of carbonyl (C=O) groups is 1. The van der Waals surface area contributed by atoms with Crippen molar-refractivity contribution < 1.29 is 39.8 Å². The zero-order valence-corrected chi connectivity index (χ0v) is 50.5. The highest BCUT2D eigenvalue weighted by atomic mass is 16.7. The molecule has 0 aromatic heterocycles. The van der Waals surface area contributed by atoms with Crippen LogP contribution in [-0.2, 0) is 14.3 Å². The van der Waals surface area contributed by atoms with Gasteiger partial charge in [0.1, 0.15) is 24.4 Å². The highest BCUT2D eigenvalue weighted by Gasteiger charge is 2.44. The lowest BCUT2D eigenvalue weighted by atomic mass is 9.99. The molecule has 0 aliphatic carbocycles. The van der Waals surface area contributed by atoms with E-state index in [2.05, 4.69) is 165 Å². The zero-order chi connectivity index (χ0) is 57.9. The van der Waals surface area contributed by atoms with Gasteiger partial charge in [-0.05, 0) is 103 Å². The highest BCUT2D eigenvalue weighted by Crippen LogP contribution is 2.23. The van der Waals surface area contributed by atoms with Crippen molar-refractivity contribution >= 4 is 5.91 Å². The second kappa shape index (κ2) is 58.3. The quantitative estimate of drug-likeness (QED) is 0.0261. The van der Waals surface area contributed by atoms with Gasteiger partial charge in [0, 0.05) is 6.42 Å². The maximum Gasteiger partial charge on any atom is 0.220 e. The third kappa shape index (κ3) is 46.7. The second-order valence-corrected chi connectivity index (χ2v) is 21.5. The molecule has 1 rings (SSSR count). The SMILES string of the molecule is CC/C=C\C/C=C\C/C=C\C/C=C\C/C=C\C/C=C\C/C=C\C/C=C\C/C=C\C/C=C\C/C=C\C/C=C\CCCCCCC(=O)NC(COC1OC(CO)C(O)C(O)C1O)C(O)CCCCCCCCCCCCCCCCCC. The molecule has 9 nitrogen and oxygen atoms in total. The van der Waals surface area contributed by atoms with Crippen molar-refractivity contribution in [2.75, 3.05) is 13.2 Å². The van der Waals surface area contributed by atoms with Crippen molar-refractivity contribution in [1.29, 1.82) is 0 Å². The molecule has 1 amide bonds. The molecule has 454 valence electrons. The van der Waals surface area contributed by atoms with Gasteiger partial charge in [0.2, 0.25) is 5.91 Å². The van der Waals surface area contributed by atoms with Crippen LogP contribution >= 0.6 is 0 Å². The predicted octanol–water partition coefficient (Wildman–Crippen LogP) is 17.0. The number of unbranched alkanes of at least 4 members (excludes halogenated alkanes) is 19. The summed E-state index contributed by atoms with van der Waals surface area (Å²) >= 11 is 0. The molecule has 6 N–H and O–H groups in total. The summed E-state index contributed by atoms with van der Waals surface area (Å²) in [4.78, 5) is 13.1. The van der Waals surface area contributed by atoms with Crippen molar-refractivity contribution in [2.24, 2.45) is 0 Å². The number of rotatable bonds is 53. The number of ether oxygens (including phenoxy) is 2. The maximum atomic E-state index is 13.1. The van der Waals surface area contributed by atoms with Crippen LogP contribution in [0.4, 0.5) is 0 Å². The Labute approximate surface area is 489 Å². The Morgan fingerprint density at radius 1 is 0.438 bits per heavy atom. The molecule has 1 saturated heterocycles. The van der Waals surface area contributed by atoms with Crippen LogP contribution in [0.25, 0.3) is 0 Å². The fourth-order valence-corrected chi connectivity index (χ4v) is 9.20. The summed E-state index contributed by atoms with van der Waals surface area (Å²) in [5.41, 5.74) is 0. The molecule has 0 saturated carbocycles. The van der Waals surface area contributed by atoms with Crippen molar-refractivity contribution in [3.05, 3.63) is 146 Å². The summed E-state index contributed by atoms with van der Waals surface area (Å²) in [5.74, 6) is -0.173. The minimum absolute atomic E-state index is 0.157. The molecule has 0 aromatic carbocycles. The fraction of sp³-hybridized carbons (Fsp3) is 0.648. The van der Waals surface area contributed by atoms with E-state index in [0.717, 1.165) is 128 Å². The second-order valence-electron chi connectivity index (χ2n) is 21.5. The first kappa shape index (κ1) is 74.1. The molecular weight excluding hydrogens is 995 g/mol. The van der Waals surface area contributed by atoms with Gasteiger partial charge in [0.05, 0.1) is 25.4 Å². The number of aliphatic hydroxyl groups excluding tert-OH is 5. The van der Waals surface area contributed by atoms with Gasteiger partial charge in [0.15, 0.2) is 6.29 Å². The van der Waals surface area contributed by atoms with Crippen molar-refractivity contribution in [1.82, 2.24) is 5.32 Å². The molecule has 1 heterocycles.